The van der Waals surface area contributed by atoms with Gasteiger partial charge in [0.1, 0.15) is 0 Å². The maximum absolute atomic E-state index is 2.17. The first-order valence-electron chi connectivity index (χ1n) is 3.94. The second-order valence-corrected chi connectivity index (χ2v) is 2.25. The van der Waals surface area contributed by atoms with E-state index in [1.807, 2.05) is 13.8 Å². The fraction of sp³-hybridized carbons (Fsp3) is 0.600. The molecule has 0 aliphatic heterocycles. The highest BCUT2D eigenvalue weighted by Gasteiger charge is 1.77. The van der Waals surface area contributed by atoms with Crippen molar-refractivity contribution in [2.75, 3.05) is 0 Å². The topological polar surface area (TPSA) is 0 Å². The number of rotatable bonds is 1. The van der Waals surface area contributed by atoms with Crippen molar-refractivity contribution in [3.8, 4) is 0 Å². The van der Waals surface area contributed by atoms with E-state index in [-0.39, 0.29) is 0 Å². The first-order chi connectivity index (χ1) is 4.66. The highest BCUT2D eigenvalue weighted by Crippen LogP contribution is 1.98. The summed E-state index contributed by atoms with van der Waals surface area (Å²) in [4.78, 5) is 0. The van der Waals surface area contributed by atoms with E-state index in [2.05, 4.69) is 39.8 Å². The molecule has 0 nitrogen and oxygen atoms in total. The maximum Gasteiger partial charge on any atom is -0.0401 e. The minimum Gasteiger partial charge on any atom is -0.0847 e. The van der Waals surface area contributed by atoms with Crippen molar-refractivity contribution < 1.29 is 0 Å². The van der Waals surface area contributed by atoms with Gasteiger partial charge in [-0.2, -0.15) is 0 Å². The predicted molar refractivity (Wildman–Crippen MR) is 50.2 cm³/mol. The van der Waals surface area contributed by atoms with Gasteiger partial charge in [-0.3, -0.25) is 0 Å². The van der Waals surface area contributed by atoms with Crippen molar-refractivity contribution in [1.82, 2.24) is 0 Å². The Hall–Kier alpha value is -0.520. The third kappa shape index (κ3) is 10.5. The fourth-order valence-electron chi connectivity index (χ4n) is 0.539. The lowest BCUT2D eigenvalue weighted by Gasteiger charge is -1.88. The van der Waals surface area contributed by atoms with Crippen molar-refractivity contribution >= 4 is 0 Å². The van der Waals surface area contributed by atoms with Crippen LogP contribution < -0.4 is 0 Å². The summed E-state index contributed by atoms with van der Waals surface area (Å²) in [5, 5.41) is 0. The van der Waals surface area contributed by atoms with Gasteiger partial charge in [0.15, 0.2) is 0 Å². The van der Waals surface area contributed by atoms with Crippen LogP contribution in [-0.4, -0.2) is 0 Å². The Morgan fingerprint density at radius 3 is 1.50 bits per heavy atom. The van der Waals surface area contributed by atoms with Crippen LogP contribution in [0.25, 0.3) is 0 Å². The smallest absolute Gasteiger partial charge is 0.0401 e. The summed E-state index contributed by atoms with van der Waals surface area (Å²) in [5.74, 6) is 0. The summed E-state index contributed by atoms with van der Waals surface area (Å²) in [5.41, 5.74) is 2.70. The van der Waals surface area contributed by atoms with E-state index in [1.165, 1.54) is 11.1 Å². The second-order valence-electron chi connectivity index (χ2n) is 2.25. The molecule has 60 valence electrons. The molecular weight excluding hydrogens is 120 g/mol. The highest BCUT2D eigenvalue weighted by atomic mass is 13.8. The minimum atomic E-state index is 1.34. The Labute approximate surface area is 65.7 Å². The molecule has 0 spiro atoms. The van der Waals surface area contributed by atoms with Crippen LogP contribution in [0.3, 0.4) is 0 Å². The second kappa shape index (κ2) is 8.48. The van der Waals surface area contributed by atoms with Gasteiger partial charge < -0.3 is 0 Å². The van der Waals surface area contributed by atoms with Crippen LogP contribution in [0, 0.1) is 0 Å². The number of hydrogen-bond donors (Lipinski definition) is 0. The third-order valence-corrected chi connectivity index (χ3v) is 0.972. The zero-order valence-corrected chi connectivity index (χ0v) is 8.15. The standard InChI is InChI=1S/C8H14.C2H6/c1-5-8(4)6-7(2)3;1-2/h5-6H,1-4H3;1-2H3/b8-5-;. The summed E-state index contributed by atoms with van der Waals surface area (Å²) in [6, 6.07) is 0. The fourth-order valence-corrected chi connectivity index (χ4v) is 0.539. The molecule has 0 aliphatic rings. The molecule has 0 radical (unpaired) electrons. The van der Waals surface area contributed by atoms with Crippen molar-refractivity contribution in [2.45, 2.75) is 41.5 Å². The largest absolute Gasteiger partial charge is 0.0847 e. The van der Waals surface area contributed by atoms with E-state index in [9.17, 15) is 0 Å². The molecule has 0 saturated heterocycles. The first kappa shape index (κ1) is 12.2. The summed E-state index contributed by atoms with van der Waals surface area (Å²) in [6.45, 7) is 12.4. The molecular formula is C10H20. The zero-order valence-electron chi connectivity index (χ0n) is 8.15. The summed E-state index contributed by atoms with van der Waals surface area (Å²) in [7, 11) is 0. The van der Waals surface area contributed by atoms with Gasteiger partial charge in [-0.25, -0.2) is 0 Å². The van der Waals surface area contributed by atoms with Crippen LogP contribution in [0.15, 0.2) is 23.3 Å². The predicted octanol–water partition coefficient (Wildman–Crippen LogP) is 3.95. The van der Waals surface area contributed by atoms with E-state index < -0.39 is 0 Å². The maximum atomic E-state index is 2.17. The van der Waals surface area contributed by atoms with Crippen LogP contribution in [0.4, 0.5) is 0 Å². The Balaban J connectivity index is 0. The summed E-state index contributed by atoms with van der Waals surface area (Å²) >= 11 is 0. The van der Waals surface area contributed by atoms with Crippen LogP contribution in [0.1, 0.15) is 41.5 Å². The molecule has 0 unspecified atom stereocenters. The monoisotopic (exact) mass is 140 g/mol. The molecule has 0 aromatic heterocycles. The highest BCUT2D eigenvalue weighted by molar-refractivity contribution is 5.18. The van der Waals surface area contributed by atoms with Gasteiger partial charge in [0.25, 0.3) is 0 Å². The summed E-state index contributed by atoms with van der Waals surface area (Å²) in [6.07, 6.45) is 4.27. The van der Waals surface area contributed by atoms with Crippen LogP contribution >= 0.6 is 0 Å². The minimum absolute atomic E-state index is 1.34. The van der Waals surface area contributed by atoms with Gasteiger partial charge in [-0.1, -0.05) is 37.1 Å². The van der Waals surface area contributed by atoms with Crippen LogP contribution in [0.5, 0.6) is 0 Å². The van der Waals surface area contributed by atoms with Gasteiger partial charge in [0.2, 0.25) is 0 Å². The average molecular weight is 140 g/mol. The molecule has 0 aromatic rings. The molecule has 0 heteroatoms. The SMILES string of the molecule is C/C=C(/C)C=C(C)C.CC. The lowest BCUT2D eigenvalue weighted by Crippen LogP contribution is -1.67. The molecule has 0 saturated carbocycles. The van der Waals surface area contributed by atoms with Gasteiger partial charge >= 0.3 is 0 Å². The molecule has 10 heavy (non-hydrogen) atoms. The normalized spacial score (nSPS) is 9.60. The molecule has 0 amide bonds. The van der Waals surface area contributed by atoms with Crippen molar-refractivity contribution in [2.24, 2.45) is 0 Å². The lowest BCUT2D eigenvalue weighted by molar-refractivity contribution is 1.34. The molecule has 0 heterocycles. The van der Waals surface area contributed by atoms with Gasteiger partial charge in [-0.15, -0.1) is 0 Å². The third-order valence-electron chi connectivity index (χ3n) is 0.972. The Morgan fingerprint density at radius 2 is 1.40 bits per heavy atom. The molecule has 0 N–H and O–H groups in total. The van der Waals surface area contributed by atoms with E-state index in [0.29, 0.717) is 0 Å². The quantitative estimate of drug-likeness (QED) is 0.484. The zero-order chi connectivity index (χ0) is 8.57. The van der Waals surface area contributed by atoms with E-state index >= 15 is 0 Å². The Kier molecular flexibility index (Phi) is 10.3. The van der Waals surface area contributed by atoms with Crippen molar-refractivity contribution in [3.05, 3.63) is 23.3 Å². The van der Waals surface area contributed by atoms with Gasteiger partial charge in [-0.05, 0) is 27.7 Å². The first-order valence-corrected chi connectivity index (χ1v) is 3.94. The van der Waals surface area contributed by atoms with E-state index in [0.717, 1.165) is 0 Å². The lowest BCUT2D eigenvalue weighted by atomic mass is 10.2. The van der Waals surface area contributed by atoms with Gasteiger partial charge in [0.05, 0.1) is 0 Å². The van der Waals surface area contributed by atoms with Gasteiger partial charge in [0, 0.05) is 0 Å². The van der Waals surface area contributed by atoms with E-state index in [1.54, 1.807) is 0 Å². The van der Waals surface area contributed by atoms with Crippen molar-refractivity contribution in [3.63, 3.8) is 0 Å². The summed E-state index contributed by atoms with van der Waals surface area (Å²) < 4.78 is 0. The molecule has 0 aliphatic carbocycles. The molecule has 0 atom stereocenters. The number of allylic oxidation sites excluding steroid dienone is 4. The number of hydrogen-bond acceptors (Lipinski definition) is 0. The van der Waals surface area contributed by atoms with E-state index in [4.69, 9.17) is 0 Å². The molecule has 0 bridgehead atoms. The Bertz CT molecular complexity index is 112. The average Bonchev–Trinajstić information content (AvgIpc) is 1.91. The van der Waals surface area contributed by atoms with Crippen LogP contribution in [0.2, 0.25) is 0 Å². The Morgan fingerprint density at radius 1 is 1.00 bits per heavy atom. The molecule has 0 rings (SSSR count). The van der Waals surface area contributed by atoms with Crippen LogP contribution in [-0.2, 0) is 0 Å². The molecule has 0 fully saturated rings. The van der Waals surface area contributed by atoms with Crippen molar-refractivity contribution in [1.29, 1.82) is 0 Å². The molecule has 0 aromatic carbocycles.